The summed E-state index contributed by atoms with van der Waals surface area (Å²) in [6.07, 6.45) is 5.06. The first kappa shape index (κ1) is 18.1. The van der Waals surface area contributed by atoms with Crippen molar-refractivity contribution in [3.63, 3.8) is 0 Å². The zero-order valence-electron chi connectivity index (χ0n) is 13.6. The van der Waals surface area contributed by atoms with Gasteiger partial charge < -0.3 is 15.7 Å². The van der Waals surface area contributed by atoms with Gasteiger partial charge in [-0.2, -0.15) is 11.8 Å². The largest absolute Gasteiger partial charge is 0.387 e. The highest BCUT2D eigenvalue weighted by molar-refractivity contribution is 7.99. The highest BCUT2D eigenvalue weighted by Gasteiger charge is 2.32. The number of aliphatic hydroxyl groups is 1. The smallest absolute Gasteiger partial charge is 0.191 e. The van der Waals surface area contributed by atoms with Crippen LogP contribution in [0.5, 0.6) is 0 Å². The van der Waals surface area contributed by atoms with Crippen LogP contribution < -0.4 is 10.6 Å². The molecule has 4 atom stereocenters. The van der Waals surface area contributed by atoms with Crippen LogP contribution in [0.25, 0.3) is 0 Å². The van der Waals surface area contributed by atoms with Crippen LogP contribution in [0, 0.1) is 0 Å². The Bertz CT molecular complexity index is 412. The second-order valence-corrected chi connectivity index (χ2v) is 9.36. The molecule has 0 spiro atoms. The summed E-state index contributed by atoms with van der Waals surface area (Å²) in [4.78, 5) is 4.26. The molecule has 1 saturated heterocycles. The van der Waals surface area contributed by atoms with E-state index in [2.05, 4.69) is 15.6 Å². The third kappa shape index (κ3) is 5.13. The van der Waals surface area contributed by atoms with E-state index in [0.717, 1.165) is 55.3 Å². The zero-order valence-corrected chi connectivity index (χ0v) is 15.3. The molecule has 3 N–H and O–H groups in total. The minimum absolute atomic E-state index is 0.310. The molecule has 0 amide bonds. The van der Waals surface area contributed by atoms with Crippen LogP contribution in [0.1, 0.15) is 39.0 Å². The minimum atomic E-state index is -0.706. The van der Waals surface area contributed by atoms with Gasteiger partial charge in [-0.05, 0) is 31.4 Å². The number of aliphatic imine (C=N–C) groups is 1. The van der Waals surface area contributed by atoms with Gasteiger partial charge in [0.05, 0.1) is 5.60 Å². The van der Waals surface area contributed by atoms with Crippen molar-refractivity contribution in [2.75, 3.05) is 30.9 Å². The van der Waals surface area contributed by atoms with E-state index >= 15 is 0 Å². The maximum absolute atomic E-state index is 12.0. The van der Waals surface area contributed by atoms with Crippen molar-refractivity contribution in [3.05, 3.63) is 0 Å². The summed E-state index contributed by atoms with van der Waals surface area (Å²) in [7, 11) is 1.05. The van der Waals surface area contributed by atoms with Gasteiger partial charge in [0.25, 0.3) is 0 Å². The lowest BCUT2D eigenvalue weighted by molar-refractivity contribution is 0.0723. The third-order valence-electron chi connectivity index (χ3n) is 4.51. The SMILES string of the molecule is CCS(=O)C1CCCC(NC(=NC)NCC2(O)CCSC2)C1. The van der Waals surface area contributed by atoms with E-state index in [0.29, 0.717) is 17.8 Å². The van der Waals surface area contributed by atoms with Crippen LogP contribution in [0.3, 0.4) is 0 Å². The number of thioether (sulfide) groups is 1. The van der Waals surface area contributed by atoms with Gasteiger partial charge in [-0.3, -0.25) is 9.20 Å². The molecular formula is C15H29N3O2S2. The Morgan fingerprint density at radius 1 is 1.50 bits per heavy atom. The molecular weight excluding hydrogens is 318 g/mol. The van der Waals surface area contributed by atoms with E-state index in [1.54, 1.807) is 18.8 Å². The molecule has 0 aromatic carbocycles. The summed E-state index contributed by atoms with van der Waals surface area (Å²) in [6.45, 7) is 2.53. The molecule has 2 aliphatic rings. The Labute approximate surface area is 140 Å². The van der Waals surface area contributed by atoms with Crippen molar-refractivity contribution in [2.45, 2.75) is 55.9 Å². The minimum Gasteiger partial charge on any atom is -0.387 e. The summed E-state index contributed by atoms with van der Waals surface area (Å²) in [5.74, 6) is 3.31. The number of hydrogen-bond donors (Lipinski definition) is 3. The first-order chi connectivity index (χ1) is 10.6. The Kier molecular flexibility index (Phi) is 7.02. The molecule has 1 heterocycles. The molecule has 0 radical (unpaired) electrons. The zero-order chi connectivity index (χ0) is 16.0. The van der Waals surface area contributed by atoms with Gasteiger partial charge in [0.1, 0.15) is 0 Å². The Morgan fingerprint density at radius 3 is 2.95 bits per heavy atom. The number of nitrogens with one attached hydrogen (secondary N) is 2. The molecule has 0 aromatic rings. The maximum atomic E-state index is 12.0. The molecule has 5 nitrogen and oxygen atoms in total. The van der Waals surface area contributed by atoms with Crippen molar-refractivity contribution in [1.29, 1.82) is 0 Å². The van der Waals surface area contributed by atoms with Crippen LogP contribution in [-0.4, -0.2) is 63.0 Å². The van der Waals surface area contributed by atoms with E-state index in [1.165, 1.54) is 0 Å². The monoisotopic (exact) mass is 347 g/mol. The molecule has 22 heavy (non-hydrogen) atoms. The van der Waals surface area contributed by atoms with Crippen molar-refractivity contribution < 1.29 is 9.32 Å². The molecule has 0 aromatic heterocycles. The predicted molar refractivity (Wildman–Crippen MR) is 96.1 cm³/mol. The van der Waals surface area contributed by atoms with Gasteiger partial charge in [-0.15, -0.1) is 0 Å². The summed E-state index contributed by atoms with van der Waals surface area (Å²) >= 11 is 1.80. The lowest BCUT2D eigenvalue weighted by Gasteiger charge is -2.31. The highest BCUT2D eigenvalue weighted by Crippen LogP contribution is 2.27. The fraction of sp³-hybridized carbons (Fsp3) is 0.933. The van der Waals surface area contributed by atoms with Crippen LogP contribution in [0.4, 0.5) is 0 Å². The molecule has 1 aliphatic carbocycles. The van der Waals surface area contributed by atoms with Crippen LogP contribution in [0.15, 0.2) is 4.99 Å². The summed E-state index contributed by atoms with van der Waals surface area (Å²) in [6, 6.07) is 0.327. The lowest BCUT2D eigenvalue weighted by atomic mass is 9.95. The average Bonchev–Trinajstić information content (AvgIpc) is 2.98. The van der Waals surface area contributed by atoms with E-state index < -0.39 is 16.4 Å². The average molecular weight is 348 g/mol. The molecule has 0 bridgehead atoms. The topological polar surface area (TPSA) is 73.7 Å². The van der Waals surface area contributed by atoms with Gasteiger partial charge >= 0.3 is 0 Å². The Morgan fingerprint density at radius 2 is 2.32 bits per heavy atom. The van der Waals surface area contributed by atoms with Gasteiger partial charge in [-0.1, -0.05) is 13.3 Å². The quantitative estimate of drug-likeness (QED) is 0.513. The van der Waals surface area contributed by atoms with Crippen LogP contribution >= 0.6 is 11.8 Å². The normalized spacial score (nSPS) is 34.4. The fourth-order valence-corrected chi connectivity index (χ4v) is 5.77. The molecule has 128 valence electrons. The Hall–Kier alpha value is -0.270. The summed E-state index contributed by atoms with van der Waals surface area (Å²) < 4.78 is 12.0. The molecule has 7 heteroatoms. The Balaban J connectivity index is 1.81. The third-order valence-corrected chi connectivity index (χ3v) is 7.49. The number of guanidine groups is 1. The predicted octanol–water partition coefficient (Wildman–Crippen LogP) is 1.10. The fourth-order valence-electron chi connectivity index (χ4n) is 3.12. The van der Waals surface area contributed by atoms with Crippen molar-refractivity contribution in [3.8, 4) is 0 Å². The molecule has 1 saturated carbocycles. The molecule has 1 aliphatic heterocycles. The van der Waals surface area contributed by atoms with E-state index in [4.69, 9.17) is 0 Å². The standard InChI is InChI=1S/C15H29N3O2S2/c1-3-22(20)13-6-4-5-12(9-13)18-14(16-2)17-10-15(19)7-8-21-11-15/h12-13,19H,3-11H2,1-2H3,(H2,16,17,18). The number of nitrogens with zero attached hydrogens (tertiary/aromatic N) is 1. The van der Waals surface area contributed by atoms with Gasteiger partial charge in [0.2, 0.25) is 0 Å². The van der Waals surface area contributed by atoms with E-state index in [-0.39, 0.29) is 0 Å². The van der Waals surface area contributed by atoms with Crippen LogP contribution in [-0.2, 0) is 10.8 Å². The molecule has 2 fully saturated rings. The van der Waals surface area contributed by atoms with Crippen molar-refractivity contribution >= 4 is 28.5 Å². The highest BCUT2D eigenvalue weighted by atomic mass is 32.2. The van der Waals surface area contributed by atoms with Crippen molar-refractivity contribution in [1.82, 2.24) is 10.6 Å². The van der Waals surface area contributed by atoms with E-state index in [9.17, 15) is 9.32 Å². The second-order valence-electron chi connectivity index (χ2n) is 6.25. The first-order valence-electron chi connectivity index (χ1n) is 8.21. The van der Waals surface area contributed by atoms with Gasteiger partial charge in [0.15, 0.2) is 5.96 Å². The van der Waals surface area contributed by atoms with Gasteiger partial charge in [0, 0.05) is 47.2 Å². The number of rotatable bonds is 5. The van der Waals surface area contributed by atoms with E-state index in [1.807, 2.05) is 6.92 Å². The lowest BCUT2D eigenvalue weighted by Crippen LogP contribution is -2.51. The summed E-state index contributed by atoms with van der Waals surface area (Å²) in [5.41, 5.74) is -0.610. The molecule has 4 unspecified atom stereocenters. The van der Waals surface area contributed by atoms with Crippen molar-refractivity contribution in [2.24, 2.45) is 4.99 Å². The molecule has 2 rings (SSSR count). The summed E-state index contributed by atoms with van der Waals surface area (Å²) in [5, 5.41) is 17.4. The first-order valence-corrected chi connectivity index (χ1v) is 10.7. The maximum Gasteiger partial charge on any atom is 0.191 e. The van der Waals surface area contributed by atoms with Crippen LogP contribution in [0.2, 0.25) is 0 Å². The van der Waals surface area contributed by atoms with Gasteiger partial charge in [-0.25, -0.2) is 0 Å². The second kappa shape index (κ2) is 8.55. The number of hydrogen-bond acceptors (Lipinski definition) is 4.